The van der Waals surface area contributed by atoms with Gasteiger partial charge in [0, 0.05) is 12.6 Å². The Hall–Kier alpha value is 2.22. The van der Waals surface area contributed by atoms with Gasteiger partial charge in [0.25, 0.3) is 0 Å². The second-order valence-corrected chi connectivity index (χ2v) is 4.15. The zero-order chi connectivity index (χ0) is 8.85. The molecule has 0 bridgehead atoms. The molecule has 2 nitrogen and oxygen atoms in total. The van der Waals surface area contributed by atoms with Gasteiger partial charge in [-0.15, -0.1) is 0 Å². The van der Waals surface area contributed by atoms with Crippen molar-refractivity contribution in [1.29, 1.82) is 0 Å². The van der Waals surface area contributed by atoms with Gasteiger partial charge in [0.05, 0.1) is 0 Å². The van der Waals surface area contributed by atoms with Crippen LogP contribution in [0, 0.1) is 0 Å². The van der Waals surface area contributed by atoms with E-state index in [1.54, 1.807) is 0 Å². The van der Waals surface area contributed by atoms with Gasteiger partial charge in [0.1, 0.15) is 0 Å². The zero-order valence-corrected chi connectivity index (χ0v) is 15.2. The van der Waals surface area contributed by atoms with Gasteiger partial charge in [-0.25, -0.2) is 0 Å². The van der Waals surface area contributed by atoms with E-state index in [4.69, 9.17) is 0 Å². The third kappa shape index (κ3) is 16.9. The number of rotatable bonds is 3. The fourth-order valence-electron chi connectivity index (χ4n) is 0.489. The van der Waals surface area contributed by atoms with Gasteiger partial charge in [-0.1, -0.05) is 8.64 Å². The molecule has 1 atom stereocenters. The van der Waals surface area contributed by atoms with Gasteiger partial charge in [-0.3, -0.25) is 0 Å². The summed E-state index contributed by atoms with van der Waals surface area (Å²) in [4.78, 5) is 0. The third-order valence-corrected chi connectivity index (χ3v) is 1.44. The van der Waals surface area contributed by atoms with Gasteiger partial charge < -0.3 is 60.3 Å². The summed E-state index contributed by atoms with van der Waals surface area (Å²) in [5, 5.41) is 5.70. The topological polar surface area (TPSA) is 24.1 Å². The van der Waals surface area contributed by atoms with E-state index < -0.39 is 0 Å². The molecule has 0 heterocycles. The molecule has 0 rings (SSSR count). The molecular weight excluding hydrogens is 262 g/mol. The number of thiocarbonyl (C=S) groups is 2. The second-order valence-electron chi connectivity index (χ2n) is 2.00. The van der Waals surface area contributed by atoms with E-state index in [9.17, 15) is 0 Å². The predicted octanol–water partition coefficient (Wildman–Crippen LogP) is -5.77. The van der Waals surface area contributed by atoms with Crippen molar-refractivity contribution in [2.45, 2.75) is 13.0 Å². The SMILES string of the molecule is CC(CNC(=S)[S-])NC(=S)[S-].[Na+].[Na+]. The van der Waals surface area contributed by atoms with Crippen molar-refractivity contribution in [3.63, 3.8) is 0 Å². The minimum absolute atomic E-state index is 0. The van der Waals surface area contributed by atoms with E-state index in [0.717, 1.165) is 0 Å². The van der Waals surface area contributed by atoms with Crippen LogP contribution in [-0.4, -0.2) is 21.2 Å². The van der Waals surface area contributed by atoms with E-state index in [-0.39, 0.29) is 65.2 Å². The Morgan fingerprint density at radius 3 is 2.00 bits per heavy atom. The van der Waals surface area contributed by atoms with Crippen molar-refractivity contribution in [2.24, 2.45) is 0 Å². The van der Waals surface area contributed by atoms with E-state index in [1.165, 1.54) is 0 Å². The maximum Gasteiger partial charge on any atom is 1.00 e. The van der Waals surface area contributed by atoms with E-state index in [2.05, 4.69) is 60.3 Å². The van der Waals surface area contributed by atoms with Crippen LogP contribution in [0.4, 0.5) is 0 Å². The summed E-state index contributed by atoms with van der Waals surface area (Å²) >= 11 is 18.6. The van der Waals surface area contributed by atoms with Crippen LogP contribution < -0.4 is 69.7 Å². The largest absolute Gasteiger partial charge is 1.00 e. The minimum Gasteiger partial charge on any atom is -0.412 e. The Labute approximate surface area is 145 Å². The van der Waals surface area contributed by atoms with Crippen molar-refractivity contribution in [2.75, 3.05) is 6.54 Å². The second kappa shape index (κ2) is 12.3. The van der Waals surface area contributed by atoms with Crippen LogP contribution in [-0.2, 0) is 25.3 Å². The summed E-state index contributed by atoms with van der Waals surface area (Å²) in [6.45, 7) is 2.60. The van der Waals surface area contributed by atoms with E-state index >= 15 is 0 Å². The Morgan fingerprint density at radius 1 is 1.23 bits per heavy atom. The summed E-state index contributed by atoms with van der Waals surface area (Å²) in [7, 11) is 0. The molecule has 0 aromatic rings. The maximum atomic E-state index is 4.67. The van der Waals surface area contributed by atoms with Gasteiger partial charge in [-0.2, -0.15) is 0 Å². The van der Waals surface area contributed by atoms with Gasteiger partial charge in [-0.05, 0) is 6.92 Å². The first-order chi connectivity index (χ1) is 5.02. The molecule has 0 spiro atoms. The monoisotopic (exact) mass is 270 g/mol. The number of hydrogen-bond acceptors (Lipinski definition) is 4. The molecule has 64 valence electrons. The van der Waals surface area contributed by atoms with Gasteiger partial charge in [0.15, 0.2) is 0 Å². The Kier molecular flexibility index (Phi) is 19.5. The molecule has 2 N–H and O–H groups in total. The quantitative estimate of drug-likeness (QED) is 0.301. The minimum atomic E-state index is 0. The van der Waals surface area contributed by atoms with Crippen LogP contribution in [0.25, 0.3) is 0 Å². The zero-order valence-electron chi connectivity index (χ0n) is 7.92. The molecule has 0 aromatic carbocycles. The standard InChI is InChI=1S/C5H10N2S4.2Na/c1-3(7-5(10)11)2-6-4(8)9;;/h3H,2H2,1H3,(H2,6,8,9)(H2,7,10,11);;/q;2*+1/p-2. The van der Waals surface area contributed by atoms with Crippen LogP contribution in [0.5, 0.6) is 0 Å². The van der Waals surface area contributed by atoms with Crippen molar-refractivity contribution in [3.05, 3.63) is 0 Å². The summed E-state index contributed by atoms with van der Waals surface area (Å²) < 4.78 is 0.739. The first kappa shape index (κ1) is 20.6. The van der Waals surface area contributed by atoms with Crippen molar-refractivity contribution >= 4 is 58.3 Å². The average Bonchev–Trinajstić information content (AvgIpc) is 1.82. The van der Waals surface area contributed by atoms with E-state index in [1.807, 2.05) is 6.92 Å². The summed E-state index contributed by atoms with van der Waals surface area (Å²) in [6, 6.07) is 0.167. The van der Waals surface area contributed by atoms with Gasteiger partial charge in [0.2, 0.25) is 0 Å². The molecule has 1 unspecified atom stereocenters. The molecule has 0 aliphatic heterocycles. The first-order valence-electron chi connectivity index (χ1n) is 2.94. The first-order valence-corrected chi connectivity index (χ1v) is 4.58. The Morgan fingerprint density at radius 2 is 1.69 bits per heavy atom. The van der Waals surface area contributed by atoms with E-state index in [0.29, 0.717) is 15.2 Å². The number of hydrogen-bond donors (Lipinski definition) is 2. The molecule has 0 amide bonds. The summed E-state index contributed by atoms with van der Waals surface area (Å²) in [6.07, 6.45) is 0. The maximum absolute atomic E-state index is 4.67. The van der Waals surface area contributed by atoms with Crippen LogP contribution in [0.1, 0.15) is 6.92 Å². The third-order valence-electron chi connectivity index (χ3n) is 0.917. The van der Waals surface area contributed by atoms with Crippen LogP contribution in [0.2, 0.25) is 0 Å². The smallest absolute Gasteiger partial charge is 0.412 e. The molecule has 0 saturated heterocycles. The van der Waals surface area contributed by atoms with Crippen molar-refractivity contribution < 1.29 is 59.1 Å². The summed E-state index contributed by atoms with van der Waals surface area (Å²) in [5.74, 6) is 0. The molecule has 0 aromatic heterocycles. The average molecular weight is 270 g/mol. The fraction of sp³-hybridized carbons (Fsp3) is 0.600. The van der Waals surface area contributed by atoms with Crippen LogP contribution in [0.3, 0.4) is 0 Å². The predicted molar refractivity (Wildman–Crippen MR) is 60.5 cm³/mol. The van der Waals surface area contributed by atoms with Crippen molar-refractivity contribution in [1.82, 2.24) is 10.6 Å². The van der Waals surface area contributed by atoms with Crippen molar-refractivity contribution in [3.8, 4) is 0 Å². The normalized spacial score (nSPS) is 9.92. The molecule has 0 radical (unpaired) electrons. The Balaban J connectivity index is -0.000000500. The molecule has 0 aliphatic carbocycles. The fourth-order valence-corrected chi connectivity index (χ4v) is 1.06. The Bertz CT molecular complexity index is 167. The molecule has 0 aliphatic rings. The molecular formula is C5H8N2Na2S4. The number of nitrogens with one attached hydrogen (secondary N) is 2. The molecule has 0 fully saturated rings. The van der Waals surface area contributed by atoms with Crippen LogP contribution in [0.15, 0.2) is 0 Å². The van der Waals surface area contributed by atoms with Gasteiger partial charge >= 0.3 is 59.1 Å². The molecule has 13 heavy (non-hydrogen) atoms. The molecule has 8 heteroatoms. The molecule has 0 saturated carbocycles. The van der Waals surface area contributed by atoms with Crippen LogP contribution >= 0.6 is 24.4 Å². The summed E-state index contributed by atoms with van der Waals surface area (Å²) in [5.41, 5.74) is 0.